The standard InChI is InChI=1S/C13H22BrN3O/c1-10(2)13(18)6-5-12-11(14)9-15-17(12)8-7-16(3)4/h9-10H,5-8H2,1-4H3. The number of nitrogens with zero attached hydrogens (tertiary/aromatic N) is 3. The van der Waals surface area contributed by atoms with Gasteiger partial charge >= 0.3 is 0 Å². The molecule has 1 aromatic heterocycles. The number of hydrogen-bond acceptors (Lipinski definition) is 3. The predicted molar refractivity (Wildman–Crippen MR) is 76.6 cm³/mol. The third-order valence-electron chi connectivity index (χ3n) is 2.91. The summed E-state index contributed by atoms with van der Waals surface area (Å²) < 4.78 is 2.98. The lowest BCUT2D eigenvalue weighted by Gasteiger charge is -2.12. The molecule has 1 rings (SSSR count). The van der Waals surface area contributed by atoms with E-state index in [0.29, 0.717) is 12.2 Å². The van der Waals surface area contributed by atoms with Crippen molar-refractivity contribution in [2.75, 3.05) is 20.6 Å². The number of rotatable bonds is 7. The van der Waals surface area contributed by atoms with Gasteiger partial charge in [-0.15, -0.1) is 0 Å². The van der Waals surface area contributed by atoms with E-state index in [1.807, 2.05) is 38.8 Å². The van der Waals surface area contributed by atoms with Crippen LogP contribution in [0.2, 0.25) is 0 Å². The van der Waals surface area contributed by atoms with E-state index in [9.17, 15) is 4.79 Å². The van der Waals surface area contributed by atoms with Gasteiger partial charge in [-0.3, -0.25) is 9.48 Å². The molecule has 18 heavy (non-hydrogen) atoms. The lowest BCUT2D eigenvalue weighted by molar-refractivity contribution is -0.121. The van der Waals surface area contributed by atoms with Crippen LogP contribution in [0.25, 0.3) is 0 Å². The van der Waals surface area contributed by atoms with Gasteiger partial charge in [-0.2, -0.15) is 5.10 Å². The minimum atomic E-state index is 0.113. The first-order valence-corrected chi connectivity index (χ1v) is 7.08. The van der Waals surface area contributed by atoms with E-state index in [1.165, 1.54) is 0 Å². The molecule has 0 atom stereocenters. The Hall–Kier alpha value is -0.680. The Bertz CT molecular complexity index is 399. The summed E-state index contributed by atoms with van der Waals surface area (Å²) in [5.41, 5.74) is 1.12. The summed E-state index contributed by atoms with van der Waals surface area (Å²) in [5.74, 6) is 0.421. The van der Waals surface area contributed by atoms with E-state index in [0.717, 1.165) is 29.7 Å². The van der Waals surface area contributed by atoms with Crippen LogP contribution < -0.4 is 0 Å². The summed E-state index contributed by atoms with van der Waals surface area (Å²) in [6.07, 6.45) is 3.15. The van der Waals surface area contributed by atoms with E-state index < -0.39 is 0 Å². The van der Waals surface area contributed by atoms with Crippen molar-refractivity contribution in [1.29, 1.82) is 0 Å². The Kier molecular flexibility index (Phi) is 6.02. The van der Waals surface area contributed by atoms with E-state index >= 15 is 0 Å². The summed E-state index contributed by atoms with van der Waals surface area (Å²) in [7, 11) is 4.08. The Balaban J connectivity index is 2.63. The molecule has 1 heterocycles. The molecular formula is C13H22BrN3O. The zero-order valence-corrected chi connectivity index (χ0v) is 13.2. The van der Waals surface area contributed by atoms with Crippen molar-refractivity contribution >= 4 is 21.7 Å². The van der Waals surface area contributed by atoms with E-state index in [1.54, 1.807) is 0 Å². The summed E-state index contributed by atoms with van der Waals surface area (Å²) >= 11 is 3.50. The maximum absolute atomic E-state index is 11.7. The topological polar surface area (TPSA) is 38.1 Å². The first-order valence-electron chi connectivity index (χ1n) is 6.29. The zero-order valence-electron chi connectivity index (χ0n) is 11.6. The molecule has 5 heteroatoms. The maximum Gasteiger partial charge on any atom is 0.135 e. The van der Waals surface area contributed by atoms with Crippen molar-refractivity contribution in [2.45, 2.75) is 33.2 Å². The van der Waals surface area contributed by atoms with Gasteiger partial charge in [0.05, 0.1) is 22.9 Å². The fourth-order valence-corrected chi connectivity index (χ4v) is 2.15. The first-order chi connectivity index (χ1) is 8.41. The quantitative estimate of drug-likeness (QED) is 0.775. The van der Waals surface area contributed by atoms with Crippen molar-refractivity contribution in [3.63, 3.8) is 0 Å². The monoisotopic (exact) mass is 315 g/mol. The maximum atomic E-state index is 11.7. The van der Waals surface area contributed by atoms with Gasteiger partial charge < -0.3 is 4.90 Å². The molecule has 0 N–H and O–H groups in total. The molecule has 4 nitrogen and oxygen atoms in total. The highest BCUT2D eigenvalue weighted by atomic mass is 79.9. The molecule has 0 saturated carbocycles. The molecule has 0 saturated heterocycles. The van der Waals surface area contributed by atoms with Gasteiger partial charge in [0.1, 0.15) is 5.78 Å². The van der Waals surface area contributed by atoms with Gasteiger partial charge in [0, 0.05) is 18.9 Å². The minimum Gasteiger partial charge on any atom is -0.308 e. The van der Waals surface area contributed by atoms with Gasteiger partial charge in [0.25, 0.3) is 0 Å². The van der Waals surface area contributed by atoms with Crippen LogP contribution in [0.1, 0.15) is 26.0 Å². The molecule has 0 radical (unpaired) electrons. The minimum absolute atomic E-state index is 0.113. The van der Waals surface area contributed by atoms with Gasteiger partial charge in [0.2, 0.25) is 0 Å². The number of aromatic nitrogens is 2. The van der Waals surface area contributed by atoms with Crippen LogP contribution in [0, 0.1) is 5.92 Å². The molecule has 0 fully saturated rings. The Morgan fingerprint density at radius 1 is 1.50 bits per heavy atom. The molecule has 0 unspecified atom stereocenters. The third-order valence-corrected chi connectivity index (χ3v) is 3.57. The second kappa shape index (κ2) is 7.04. The normalized spacial score (nSPS) is 11.5. The van der Waals surface area contributed by atoms with Crippen LogP contribution in [-0.4, -0.2) is 41.1 Å². The molecule has 0 aliphatic carbocycles. The van der Waals surface area contributed by atoms with E-state index in [4.69, 9.17) is 0 Å². The molecule has 0 aliphatic heterocycles. The van der Waals surface area contributed by atoms with Gasteiger partial charge in [-0.25, -0.2) is 0 Å². The smallest absolute Gasteiger partial charge is 0.135 e. The number of likely N-dealkylation sites (N-methyl/N-ethyl adjacent to an activating group) is 1. The van der Waals surface area contributed by atoms with Crippen molar-refractivity contribution in [3.05, 3.63) is 16.4 Å². The molecule has 0 spiro atoms. The molecule has 102 valence electrons. The Morgan fingerprint density at radius 3 is 2.72 bits per heavy atom. The van der Waals surface area contributed by atoms with Crippen LogP contribution >= 0.6 is 15.9 Å². The molecule has 0 amide bonds. The predicted octanol–water partition coefficient (Wildman–Crippen LogP) is 2.36. The highest BCUT2D eigenvalue weighted by Crippen LogP contribution is 2.18. The van der Waals surface area contributed by atoms with Crippen LogP contribution in [0.3, 0.4) is 0 Å². The van der Waals surface area contributed by atoms with Crippen LogP contribution in [0.15, 0.2) is 10.7 Å². The van der Waals surface area contributed by atoms with Crippen molar-refractivity contribution in [3.8, 4) is 0 Å². The molecule has 0 aliphatic rings. The summed E-state index contributed by atoms with van der Waals surface area (Å²) in [5, 5.41) is 4.34. The summed E-state index contributed by atoms with van der Waals surface area (Å²) in [6, 6.07) is 0. The molecule has 0 bridgehead atoms. The lowest BCUT2D eigenvalue weighted by atomic mass is 10.0. The molecule has 0 aromatic carbocycles. The number of carbonyl (C=O) groups excluding carboxylic acids is 1. The summed E-state index contributed by atoms with van der Waals surface area (Å²) in [6.45, 7) is 5.69. The highest BCUT2D eigenvalue weighted by Gasteiger charge is 2.13. The van der Waals surface area contributed by atoms with Crippen molar-refractivity contribution in [2.24, 2.45) is 5.92 Å². The van der Waals surface area contributed by atoms with Crippen LogP contribution in [0.4, 0.5) is 0 Å². The van der Waals surface area contributed by atoms with Crippen molar-refractivity contribution in [1.82, 2.24) is 14.7 Å². The van der Waals surface area contributed by atoms with Gasteiger partial charge in [0.15, 0.2) is 0 Å². The van der Waals surface area contributed by atoms with Crippen LogP contribution in [0.5, 0.6) is 0 Å². The number of Topliss-reactive ketones (excluding diaryl/α,β-unsaturated/α-hetero) is 1. The lowest BCUT2D eigenvalue weighted by Crippen LogP contribution is -2.20. The van der Waals surface area contributed by atoms with Gasteiger partial charge in [-0.05, 0) is 36.4 Å². The molecular weight excluding hydrogens is 294 g/mol. The number of hydrogen-bond donors (Lipinski definition) is 0. The van der Waals surface area contributed by atoms with Crippen molar-refractivity contribution < 1.29 is 4.79 Å². The largest absolute Gasteiger partial charge is 0.308 e. The zero-order chi connectivity index (χ0) is 13.7. The van der Waals surface area contributed by atoms with Gasteiger partial charge in [-0.1, -0.05) is 13.8 Å². The first kappa shape index (κ1) is 15.4. The van der Waals surface area contributed by atoms with E-state index in [-0.39, 0.29) is 5.92 Å². The number of carbonyl (C=O) groups is 1. The second-order valence-corrected chi connectivity index (χ2v) is 5.94. The second-order valence-electron chi connectivity index (χ2n) is 5.09. The average molecular weight is 316 g/mol. The summed E-state index contributed by atoms with van der Waals surface area (Å²) in [4.78, 5) is 13.8. The highest BCUT2D eigenvalue weighted by molar-refractivity contribution is 9.10. The third kappa shape index (κ3) is 4.53. The Labute approximate surface area is 117 Å². The SMILES string of the molecule is CC(C)C(=O)CCc1c(Br)cnn1CCN(C)C. The fourth-order valence-electron chi connectivity index (χ4n) is 1.65. The Morgan fingerprint density at radius 2 is 2.17 bits per heavy atom. The fraction of sp³-hybridized carbons (Fsp3) is 0.692. The number of ketones is 1. The van der Waals surface area contributed by atoms with E-state index in [2.05, 4.69) is 25.9 Å². The number of halogens is 1. The average Bonchev–Trinajstić information content (AvgIpc) is 2.64. The van der Waals surface area contributed by atoms with Crippen LogP contribution in [-0.2, 0) is 17.8 Å². The molecule has 1 aromatic rings.